The Morgan fingerprint density at radius 1 is 1.43 bits per heavy atom. The summed E-state index contributed by atoms with van der Waals surface area (Å²) in [7, 11) is 2.10. The lowest BCUT2D eigenvalue weighted by molar-refractivity contribution is 0.0956. The fraction of sp³-hybridized carbons (Fsp3) is 0.438. The minimum absolute atomic E-state index is 0.205. The lowest BCUT2D eigenvalue weighted by Gasteiger charge is -2.20. The van der Waals surface area contributed by atoms with E-state index in [1.54, 1.807) is 0 Å². The molecule has 0 saturated carbocycles. The maximum atomic E-state index is 12.0. The smallest absolute Gasteiger partial charge is 0.275 e. The molecule has 5 heteroatoms. The highest BCUT2D eigenvalue weighted by atomic mass is 32.1. The van der Waals surface area contributed by atoms with Crippen molar-refractivity contribution in [2.45, 2.75) is 26.8 Å². The fourth-order valence-electron chi connectivity index (χ4n) is 2.50. The minimum atomic E-state index is -0.205. The first-order chi connectivity index (χ1) is 10.1. The second-order valence-electron chi connectivity index (χ2n) is 5.59. The van der Waals surface area contributed by atoms with Crippen molar-refractivity contribution < 1.29 is 4.79 Å². The maximum absolute atomic E-state index is 12.0. The number of nitrogen functional groups attached to an aromatic ring is 1. The number of benzene rings is 1. The van der Waals surface area contributed by atoms with Crippen LogP contribution in [-0.4, -0.2) is 24.4 Å². The van der Waals surface area contributed by atoms with Crippen LogP contribution in [0.25, 0.3) is 10.1 Å². The molecule has 1 amide bonds. The number of hydrogen-bond acceptors (Lipinski definition) is 4. The number of nitrogens with two attached hydrogens (primary N) is 1. The molecule has 2 aromatic rings. The number of hydrogen-bond donors (Lipinski definition) is 2. The Labute approximate surface area is 129 Å². The average Bonchev–Trinajstić information content (AvgIpc) is 2.85. The van der Waals surface area contributed by atoms with Crippen LogP contribution in [0.2, 0.25) is 0 Å². The van der Waals surface area contributed by atoms with Crippen molar-refractivity contribution in [1.29, 1.82) is 0 Å². The number of thiophene rings is 1. The van der Waals surface area contributed by atoms with Gasteiger partial charge in [-0.1, -0.05) is 38.5 Å². The van der Waals surface area contributed by atoms with Gasteiger partial charge >= 0.3 is 0 Å². The summed E-state index contributed by atoms with van der Waals surface area (Å²) in [4.78, 5) is 15.0. The first kappa shape index (κ1) is 15.9. The molecule has 0 saturated heterocycles. The number of nitrogens with zero attached hydrogens (tertiary/aromatic N) is 1. The predicted octanol–water partition coefficient (Wildman–Crippen LogP) is 2.98. The lowest BCUT2D eigenvalue weighted by Crippen LogP contribution is -2.31. The third kappa shape index (κ3) is 3.61. The van der Waals surface area contributed by atoms with E-state index >= 15 is 0 Å². The molecule has 114 valence electrons. The van der Waals surface area contributed by atoms with Gasteiger partial charge in [-0.2, -0.15) is 0 Å². The zero-order chi connectivity index (χ0) is 15.4. The molecule has 1 atom stereocenters. The lowest BCUT2D eigenvalue weighted by atomic mass is 10.1. The average molecular weight is 305 g/mol. The molecule has 1 aromatic heterocycles. The Morgan fingerprint density at radius 3 is 2.81 bits per heavy atom. The van der Waals surface area contributed by atoms with E-state index in [0.717, 1.165) is 40.0 Å². The number of hydrazine groups is 1. The number of nitrogens with one attached hydrogen (secondary N) is 1. The van der Waals surface area contributed by atoms with Crippen molar-refractivity contribution in [3.63, 3.8) is 0 Å². The molecule has 21 heavy (non-hydrogen) atoms. The quantitative estimate of drug-likeness (QED) is 0.490. The van der Waals surface area contributed by atoms with Crippen LogP contribution in [0.15, 0.2) is 24.3 Å². The summed E-state index contributed by atoms with van der Waals surface area (Å²) in [6.45, 7) is 6.23. The van der Waals surface area contributed by atoms with Gasteiger partial charge in [0.1, 0.15) is 0 Å². The van der Waals surface area contributed by atoms with E-state index < -0.39 is 0 Å². The molecular formula is C16H23N3OS. The van der Waals surface area contributed by atoms with Gasteiger partial charge in [-0.15, -0.1) is 11.3 Å². The maximum Gasteiger partial charge on any atom is 0.275 e. The van der Waals surface area contributed by atoms with Crippen LogP contribution >= 0.6 is 11.3 Å². The van der Waals surface area contributed by atoms with Crippen molar-refractivity contribution >= 4 is 27.3 Å². The zero-order valence-corrected chi connectivity index (χ0v) is 13.7. The molecule has 0 aliphatic rings. The Hall–Kier alpha value is -1.43. The number of amides is 1. The minimum Gasteiger partial charge on any atom is -0.302 e. The van der Waals surface area contributed by atoms with E-state index in [2.05, 4.69) is 37.3 Å². The van der Waals surface area contributed by atoms with Gasteiger partial charge in [0.05, 0.1) is 4.88 Å². The van der Waals surface area contributed by atoms with Crippen LogP contribution in [0.4, 0.5) is 0 Å². The molecule has 0 radical (unpaired) electrons. The Kier molecular flexibility index (Phi) is 5.33. The van der Waals surface area contributed by atoms with Crippen molar-refractivity contribution in [2.24, 2.45) is 11.8 Å². The number of carbonyl (C=O) groups excluding carboxylic acids is 1. The highest BCUT2D eigenvalue weighted by molar-refractivity contribution is 7.21. The number of carbonyl (C=O) groups is 1. The Balaban J connectivity index is 2.34. The van der Waals surface area contributed by atoms with Gasteiger partial charge < -0.3 is 4.90 Å². The van der Waals surface area contributed by atoms with Crippen molar-refractivity contribution in [1.82, 2.24) is 10.3 Å². The summed E-state index contributed by atoms with van der Waals surface area (Å²) in [6.07, 6.45) is 1.16. The predicted molar refractivity (Wildman–Crippen MR) is 89.3 cm³/mol. The molecule has 0 aliphatic heterocycles. The third-order valence-corrected chi connectivity index (χ3v) is 5.00. The highest BCUT2D eigenvalue weighted by Crippen LogP contribution is 2.32. The van der Waals surface area contributed by atoms with E-state index in [0.29, 0.717) is 5.92 Å². The molecule has 4 nitrogen and oxygen atoms in total. The van der Waals surface area contributed by atoms with Gasteiger partial charge in [0.25, 0.3) is 5.91 Å². The second kappa shape index (κ2) is 7.02. The summed E-state index contributed by atoms with van der Waals surface area (Å²) in [5.74, 6) is 5.76. The normalized spacial score (nSPS) is 12.8. The summed E-state index contributed by atoms with van der Waals surface area (Å²) in [6, 6.07) is 8.13. The Morgan fingerprint density at radius 2 is 2.14 bits per heavy atom. The monoisotopic (exact) mass is 305 g/mol. The van der Waals surface area contributed by atoms with Gasteiger partial charge in [0, 0.05) is 17.8 Å². The summed E-state index contributed by atoms with van der Waals surface area (Å²) in [5.41, 5.74) is 3.33. The van der Waals surface area contributed by atoms with E-state index in [4.69, 9.17) is 5.84 Å². The van der Waals surface area contributed by atoms with Crippen LogP contribution in [0.5, 0.6) is 0 Å². The van der Waals surface area contributed by atoms with Gasteiger partial charge in [-0.25, -0.2) is 5.84 Å². The van der Waals surface area contributed by atoms with Gasteiger partial charge in [0.15, 0.2) is 0 Å². The molecule has 0 fully saturated rings. The van der Waals surface area contributed by atoms with Crippen molar-refractivity contribution in [2.75, 3.05) is 13.6 Å². The third-order valence-electron chi connectivity index (χ3n) is 3.78. The molecule has 2 rings (SSSR count). The van der Waals surface area contributed by atoms with Crippen molar-refractivity contribution in [3.8, 4) is 0 Å². The standard InChI is InChI=1S/C16H23N3OS/c1-4-11(2)9-19(3)10-13-12-7-5-6-8-14(12)21-15(13)16(20)18-17/h5-8,11H,4,9-10,17H2,1-3H3,(H,18,20). The second-order valence-corrected chi connectivity index (χ2v) is 6.64. The van der Waals surface area contributed by atoms with Crippen LogP contribution in [0.1, 0.15) is 35.5 Å². The fourth-order valence-corrected chi connectivity index (χ4v) is 3.62. The van der Waals surface area contributed by atoms with Crippen LogP contribution in [0.3, 0.4) is 0 Å². The van der Waals surface area contributed by atoms with E-state index in [1.807, 2.05) is 18.2 Å². The van der Waals surface area contributed by atoms with Gasteiger partial charge in [-0.05, 0) is 30.0 Å². The summed E-state index contributed by atoms with van der Waals surface area (Å²) < 4.78 is 1.13. The first-order valence-corrected chi connectivity index (χ1v) is 8.08. The summed E-state index contributed by atoms with van der Waals surface area (Å²) in [5, 5.41) is 1.15. The van der Waals surface area contributed by atoms with E-state index in [1.165, 1.54) is 11.3 Å². The molecule has 3 N–H and O–H groups in total. The molecule has 0 spiro atoms. The summed E-state index contributed by atoms with van der Waals surface area (Å²) >= 11 is 1.50. The molecular weight excluding hydrogens is 282 g/mol. The molecule has 1 aromatic carbocycles. The van der Waals surface area contributed by atoms with Gasteiger partial charge in [-0.3, -0.25) is 10.2 Å². The SMILES string of the molecule is CCC(C)CN(C)Cc1c(C(=O)NN)sc2ccccc12. The number of rotatable bonds is 6. The molecule has 0 bridgehead atoms. The van der Waals surface area contributed by atoms with Crippen LogP contribution in [-0.2, 0) is 6.54 Å². The molecule has 1 heterocycles. The van der Waals surface area contributed by atoms with Crippen LogP contribution in [0, 0.1) is 5.92 Å². The largest absolute Gasteiger partial charge is 0.302 e. The number of fused-ring (bicyclic) bond motifs is 1. The first-order valence-electron chi connectivity index (χ1n) is 7.26. The topological polar surface area (TPSA) is 58.4 Å². The molecule has 1 unspecified atom stereocenters. The van der Waals surface area contributed by atoms with Crippen LogP contribution < -0.4 is 11.3 Å². The molecule has 0 aliphatic carbocycles. The van der Waals surface area contributed by atoms with Gasteiger partial charge in [0.2, 0.25) is 0 Å². The highest BCUT2D eigenvalue weighted by Gasteiger charge is 2.19. The zero-order valence-electron chi connectivity index (χ0n) is 12.8. The van der Waals surface area contributed by atoms with Crippen molar-refractivity contribution in [3.05, 3.63) is 34.7 Å². The van der Waals surface area contributed by atoms with E-state index in [9.17, 15) is 4.79 Å². The Bertz CT molecular complexity index is 623. The van der Waals surface area contributed by atoms with E-state index in [-0.39, 0.29) is 5.91 Å².